The van der Waals surface area contributed by atoms with Gasteiger partial charge in [-0.25, -0.2) is 8.42 Å². The molecule has 420 valence electrons. The first-order chi connectivity index (χ1) is 39.2. The van der Waals surface area contributed by atoms with E-state index < -0.39 is 77.2 Å². The third kappa shape index (κ3) is 17.8. The van der Waals surface area contributed by atoms with E-state index in [1.807, 2.05) is 200 Å². The molecule has 10 atom stereocenters. The number of ether oxygens (including phenoxy) is 11. The molecule has 0 aliphatic carbocycles. The van der Waals surface area contributed by atoms with Gasteiger partial charge in [0.05, 0.1) is 64.4 Å². The van der Waals surface area contributed by atoms with Crippen molar-refractivity contribution < 1.29 is 65.3 Å². The zero-order chi connectivity index (χ0) is 55.2. The second-order valence-electron chi connectivity index (χ2n) is 19.7. The molecule has 7 aromatic rings. The van der Waals surface area contributed by atoms with Gasteiger partial charge in [0.25, 0.3) is 0 Å². The molecular weight excluding hydrogens is 1040 g/mol. The Hall–Kier alpha value is -6.44. The summed E-state index contributed by atoms with van der Waals surface area (Å²) < 4.78 is 102. The van der Waals surface area contributed by atoms with Crippen molar-refractivity contribution >= 4 is 15.8 Å². The third-order valence-corrected chi connectivity index (χ3v) is 15.2. The van der Waals surface area contributed by atoms with E-state index in [-0.39, 0.29) is 71.0 Å². The van der Waals surface area contributed by atoms with E-state index in [1.165, 1.54) is 6.92 Å². The van der Waals surface area contributed by atoms with Gasteiger partial charge in [-0.1, -0.05) is 212 Å². The fourth-order valence-electron chi connectivity index (χ4n) is 9.61. The lowest BCUT2D eigenvalue weighted by Crippen LogP contribution is -2.64. The van der Waals surface area contributed by atoms with Gasteiger partial charge in [0.2, 0.25) is 0 Å². The lowest BCUT2D eigenvalue weighted by molar-refractivity contribution is -0.352. The first-order valence-corrected chi connectivity index (χ1v) is 28.9. The molecule has 2 saturated heterocycles. The second kappa shape index (κ2) is 30.4. The molecule has 0 aromatic heterocycles. The lowest BCUT2D eigenvalue weighted by atomic mass is 9.96. The van der Waals surface area contributed by atoms with Crippen molar-refractivity contribution in [3.8, 4) is 0 Å². The topological polar surface area (TPSA) is 153 Å². The van der Waals surface area contributed by atoms with Gasteiger partial charge >= 0.3 is 5.97 Å². The summed E-state index contributed by atoms with van der Waals surface area (Å²) in [4.78, 5) is 12.6. The minimum Gasteiger partial charge on any atom is -0.463 e. The number of carbonyl (C=O) groups is 1. The van der Waals surface area contributed by atoms with Crippen LogP contribution < -0.4 is 0 Å². The normalized spacial score (nSPS) is 23.1. The minimum absolute atomic E-state index is 0.150. The molecule has 0 spiro atoms. The summed E-state index contributed by atoms with van der Waals surface area (Å²) in [5.74, 6) is -0.960. The second-order valence-corrected chi connectivity index (χ2v) is 21.9. The molecule has 2 fully saturated rings. The highest BCUT2D eigenvalue weighted by molar-refractivity contribution is 7.90. The van der Waals surface area contributed by atoms with Crippen LogP contribution in [0.15, 0.2) is 212 Å². The summed E-state index contributed by atoms with van der Waals surface area (Å²) in [5.41, 5.74) is 6.08. The largest absolute Gasteiger partial charge is 0.463 e. The number of hydrogen-bond acceptors (Lipinski definition) is 14. The SMILES string of the molecule is CC(=O)OC[C@H]1O[C@H](OC[C@H]2O[C@H](OCCS(=O)(=O)Cc3ccccc3)[C@H](OCc3ccccc3)[C@@H](OCc3ccccc3)[C@@H]2OCc2ccccc2)[C@H](OCc2ccccc2)[C@@H](OCc2ccccc2)[C@@H]1OCc1ccccc1. The average molecular weight is 1110 g/mol. The van der Waals surface area contributed by atoms with E-state index in [4.69, 9.17) is 52.1 Å². The van der Waals surface area contributed by atoms with Gasteiger partial charge < -0.3 is 52.1 Å². The molecule has 2 aliphatic rings. The van der Waals surface area contributed by atoms with Gasteiger partial charge in [-0.2, -0.15) is 0 Å². The Kier molecular flexibility index (Phi) is 22.1. The quantitative estimate of drug-likeness (QED) is 0.0409. The maximum absolute atomic E-state index is 13.7. The number of hydrogen-bond donors (Lipinski definition) is 0. The molecular formula is C65H70O14S. The molecule has 9 rings (SSSR count). The Balaban J connectivity index is 1.07. The first kappa shape index (κ1) is 58.2. The van der Waals surface area contributed by atoms with E-state index in [0.29, 0.717) is 5.56 Å². The van der Waals surface area contributed by atoms with Gasteiger partial charge in [-0.05, 0) is 38.9 Å². The van der Waals surface area contributed by atoms with Crippen LogP contribution >= 0.6 is 0 Å². The molecule has 7 aromatic carbocycles. The van der Waals surface area contributed by atoms with Gasteiger partial charge in [-0.3, -0.25) is 4.79 Å². The van der Waals surface area contributed by atoms with Crippen molar-refractivity contribution in [1.82, 2.24) is 0 Å². The molecule has 0 saturated carbocycles. The molecule has 15 heteroatoms. The predicted molar refractivity (Wildman–Crippen MR) is 300 cm³/mol. The van der Waals surface area contributed by atoms with E-state index in [0.717, 1.165) is 33.4 Å². The molecule has 0 amide bonds. The molecule has 14 nitrogen and oxygen atoms in total. The molecule has 2 aliphatic heterocycles. The van der Waals surface area contributed by atoms with Crippen LogP contribution in [-0.2, 0) is 112 Å². The number of carbonyl (C=O) groups excluding carboxylic acids is 1. The Morgan fingerprint density at radius 3 is 0.988 bits per heavy atom. The fraction of sp³-hybridized carbons (Fsp3) is 0.338. The zero-order valence-corrected chi connectivity index (χ0v) is 45.7. The molecule has 80 heavy (non-hydrogen) atoms. The third-order valence-electron chi connectivity index (χ3n) is 13.7. The van der Waals surface area contributed by atoms with Gasteiger partial charge in [0.15, 0.2) is 22.4 Å². The van der Waals surface area contributed by atoms with Crippen LogP contribution in [0.2, 0.25) is 0 Å². The number of rotatable bonds is 29. The smallest absolute Gasteiger partial charge is 0.302 e. The van der Waals surface area contributed by atoms with Crippen molar-refractivity contribution in [3.63, 3.8) is 0 Å². The number of esters is 1. The summed E-state index contributed by atoms with van der Waals surface area (Å²) in [5, 5.41) is 0. The summed E-state index contributed by atoms with van der Waals surface area (Å²) in [6.07, 6.45) is -9.62. The Morgan fingerprint density at radius 1 is 0.362 bits per heavy atom. The van der Waals surface area contributed by atoms with Crippen molar-refractivity contribution in [2.24, 2.45) is 0 Å². The highest BCUT2D eigenvalue weighted by Gasteiger charge is 2.52. The van der Waals surface area contributed by atoms with Crippen LogP contribution in [0.5, 0.6) is 0 Å². The lowest BCUT2D eigenvalue weighted by Gasteiger charge is -2.48. The van der Waals surface area contributed by atoms with Gasteiger partial charge in [0.1, 0.15) is 55.4 Å². The number of sulfone groups is 1. The maximum atomic E-state index is 13.7. The summed E-state index contributed by atoms with van der Waals surface area (Å²) in [6, 6.07) is 67.6. The van der Waals surface area contributed by atoms with Crippen LogP contribution in [0.1, 0.15) is 45.9 Å². The van der Waals surface area contributed by atoms with Crippen molar-refractivity contribution in [2.75, 3.05) is 25.6 Å². The van der Waals surface area contributed by atoms with Crippen LogP contribution in [0.25, 0.3) is 0 Å². The summed E-state index contributed by atoms with van der Waals surface area (Å²) >= 11 is 0. The maximum Gasteiger partial charge on any atom is 0.302 e. The standard InChI is InChI=1S/C65H70O14S/c1-48(66)70-45-56-58(71-39-49-23-9-2-10-24-49)61(74-42-52-29-15-5-16-30-52)63(76-44-54-33-19-7-20-34-54)65(79-56)77-46-57-59(72-40-50-25-11-3-12-26-50)60(73-41-51-27-13-4-14-28-51)62(75-43-53-31-17-6-18-32-53)64(78-57)69-37-38-80(67,68)47-55-35-21-8-22-36-55/h2-36,56-65H,37-47H2,1H3/t56-,57-,58-,59-,60+,61+,62-,63-,64+,65+/m1/s1. The Labute approximate surface area is 469 Å². The van der Waals surface area contributed by atoms with E-state index in [1.54, 1.807) is 12.1 Å². The molecule has 0 unspecified atom stereocenters. The molecule has 2 heterocycles. The van der Waals surface area contributed by atoms with Crippen molar-refractivity contribution in [1.29, 1.82) is 0 Å². The summed E-state index contributed by atoms with van der Waals surface area (Å²) in [6.45, 7) is 1.74. The Bertz CT molecular complexity index is 2970. The fourth-order valence-corrected chi connectivity index (χ4v) is 10.8. The number of benzene rings is 7. The highest BCUT2D eigenvalue weighted by atomic mass is 32.2. The Morgan fingerprint density at radius 2 is 0.650 bits per heavy atom. The van der Waals surface area contributed by atoms with Gasteiger partial charge in [0, 0.05) is 6.92 Å². The van der Waals surface area contributed by atoms with E-state index in [9.17, 15) is 13.2 Å². The monoisotopic (exact) mass is 1110 g/mol. The zero-order valence-electron chi connectivity index (χ0n) is 44.9. The molecule has 0 radical (unpaired) electrons. The van der Waals surface area contributed by atoms with Gasteiger partial charge in [-0.15, -0.1) is 0 Å². The van der Waals surface area contributed by atoms with Crippen LogP contribution in [0.3, 0.4) is 0 Å². The predicted octanol–water partition coefficient (Wildman–Crippen LogP) is 10.2. The van der Waals surface area contributed by atoms with Crippen LogP contribution in [0.4, 0.5) is 0 Å². The van der Waals surface area contributed by atoms with Crippen molar-refractivity contribution in [3.05, 3.63) is 251 Å². The molecule has 0 N–H and O–H groups in total. The van der Waals surface area contributed by atoms with Crippen LogP contribution in [0, 0.1) is 0 Å². The highest BCUT2D eigenvalue weighted by Crippen LogP contribution is 2.35. The van der Waals surface area contributed by atoms with E-state index >= 15 is 0 Å². The minimum atomic E-state index is -3.64. The van der Waals surface area contributed by atoms with Crippen LogP contribution in [-0.4, -0.2) is 101 Å². The van der Waals surface area contributed by atoms with E-state index in [2.05, 4.69) is 0 Å². The summed E-state index contributed by atoms with van der Waals surface area (Å²) in [7, 11) is -3.64. The first-order valence-electron chi connectivity index (χ1n) is 27.1. The average Bonchev–Trinajstić information content (AvgIpc) is 3.49. The van der Waals surface area contributed by atoms with Crippen molar-refractivity contribution in [2.45, 2.75) is 114 Å². The molecule has 0 bridgehead atoms.